The fourth-order valence-corrected chi connectivity index (χ4v) is 0.867. The van der Waals surface area contributed by atoms with Crippen LogP contribution in [0.25, 0.3) is 0 Å². The molecule has 1 aromatic rings. The summed E-state index contributed by atoms with van der Waals surface area (Å²) in [5.74, 6) is -1.11. The third kappa shape index (κ3) is 2.62. The van der Waals surface area contributed by atoms with Crippen molar-refractivity contribution in [2.24, 2.45) is 0 Å². The zero-order chi connectivity index (χ0) is 10.6. The van der Waals surface area contributed by atoms with Gasteiger partial charge in [-0.25, -0.2) is 4.98 Å². The van der Waals surface area contributed by atoms with Crippen LogP contribution < -0.4 is 4.74 Å². The average Bonchev–Trinajstić information content (AvgIpc) is 2.09. The van der Waals surface area contributed by atoms with Gasteiger partial charge in [0, 0.05) is 0 Å². The minimum atomic E-state index is -3.01. The molecule has 14 heavy (non-hydrogen) atoms. The van der Waals surface area contributed by atoms with E-state index in [1.54, 1.807) is 6.07 Å². The molecule has 74 valence electrons. The van der Waals surface area contributed by atoms with Crippen molar-refractivity contribution in [2.75, 3.05) is 0 Å². The van der Waals surface area contributed by atoms with E-state index in [-0.39, 0.29) is 17.9 Å². The molecule has 0 fully saturated rings. The summed E-state index contributed by atoms with van der Waals surface area (Å²) in [7, 11) is 0. The van der Waals surface area contributed by atoms with Gasteiger partial charge in [-0.2, -0.15) is 18.4 Å². The van der Waals surface area contributed by atoms with Crippen molar-refractivity contribution in [2.45, 2.75) is 13.0 Å². The van der Waals surface area contributed by atoms with Gasteiger partial charge in [0.05, 0.1) is 18.2 Å². The molecule has 0 unspecified atom stereocenters. The smallest absolute Gasteiger partial charge is 0.387 e. The highest BCUT2D eigenvalue weighted by Gasteiger charge is 2.11. The number of aromatic nitrogens is 1. The molecule has 0 bridgehead atoms. The first-order valence-electron chi connectivity index (χ1n) is 3.60. The number of hydrogen-bond donors (Lipinski definition) is 0. The minimum Gasteiger partial charge on any atom is -0.433 e. The molecule has 0 aromatic carbocycles. The van der Waals surface area contributed by atoms with E-state index in [1.165, 1.54) is 0 Å². The number of rotatable bonds is 3. The summed E-state index contributed by atoms with van der Waals surface area (Å²) in [6.45, 7) is -3.01. The van der Waals surface area contributed by atoms with E-state index in [1.807, 2.05) is 0 Å². The van der Waals surface area contributed by atoms with Crippen LogP contribution in [0.15, 0.2) is 12.1 Å². The van der Waals surface area contributed by atoms with E-state index in [0.717, 1.165) is 12.1 Å². The SMILES string of the molecule is N#CCc1nc(F)ccc1OC(F)F. The zero-order valence-corrected chi connectivity index (χ0v) is 6.88. The number of ether oxygens (including phenoxy) is 1. The largest absolute Gasteiger partial charge is 0.433 e. The Kier molecular flexibility index (Phi) is 3.29. The molecule has 1 aromatic heterocycles. The Hall–Kier alpha value is -1.77. The minimum absolute atomic E-state index is 0.132. The van der Waals surface area contributed by atoms with Gasteiger partial charge in [0.15, 0.2) is 0 Å². The van der Waals surface area contributed by atoms with E-state index in [2.05, 4.69) is 9.72 Å². The highest BCUT2D eigenvalue weighted by molar-refractivity contribution is 5.29. The van der Waals surface area contributed by atoms with E-state index in [0.29, 0.717) is 0 Å². The quantitative estimate of drug-likeness (QED) is 0.703. The molecule has 0 N–H and O–H groups in total. The second-order valence-electron chi connectivity index (χ2n) is 2.29. The second-order valence-corrected chi connectivity index (χ2v) is 2.29. The highest BCUT2D eigenvalue weighted by Crippen LogP contribution is 2.19. The summed E-state index contributed by atoms with van der Waals surface area (Å²) in [6, 6.07) is 3.57. The lowest BCUT2D eigenvalue weighted by molar-refractivity contribution is -0.0507. The second kappa shape index (κ2) is 4.46. The Balaban J connectivity index is 2.97. The summed E-state index contributed by atoms with van der Waals surface area (Å²) in [6.07, 6.45) is -0.278. The third-order valence-corrected chi connectivity index (χ3v) is 1.36. The molecule has 1 heterocycles. The van der Waals surface area contributed by atoms with Crippen molar-refractivity contribution in [3.8, 4) is 11.8 Å². The molecule has 0 amide bonds. The van der Waals surface area contributed by atoms with Crippen LogP contribution >= 0.6 is 0 Å². The van der Waals surface area contributed by atoms with Gasteiger partial charge in [-0.05, 0) is 12.1 Å². The van der Waals surface area contributed by atoms with Crippen LogP contribution in [0.2, 0.25) is 0 Å². The van der Waals surface area contributed by atoms with E-state index in [4.69, 9.17) is 5.26 Å². The molecular weight excluding hydrogens is 197 g/mol. The summed E-state index contributed by atoms with van der Waals surface area (Å²) >= 11 is 0. The monoisotopic (exact) mass is 202 g/mol. The van der Waals surface area contributed by atoms with Crippen LogP contribution in [0, 0.1) is 17.3 Å². The molecular formula is C8H5F3N2O. The lowest BCUT2D eigenvalue weighted by Gasteiger charge is -2.06. The molecule has 0 aliphatic rings. The first-order chi connectivity index (χ1) is 6.63. The Labute approximate surface area is 77.7 Å². The molecule has 1 rings (SSSR count). The van der Waals surface area contributed by atoms with Gasteiger partial charge in [0.1, 0.15) is 5.75 Å². The Morgan fingerprint density at radius 2 is 2.21 bits per heavy atom. The average molecular weight is 202 g/mol. The summed E-state index contributed by atoms with van der Waals surface area (Å²) in [4.78, 5) is 3.27. The van der Waals surface area contributed by atoms with Gasteiger partial charge in [-0.3, -0.25) is 0 Å². The summed E-state index contributed by atoms with van der Waals surface area (Å²) in [5.41, 5.74) is -0.132. The lowest BCUT2D eigenvalue weighted by Crippen LogP contribution is -2.06. The van der Waals surface area contributed by atoms with E-state index < -0.39 is 12.6 Å². The number of pyridine rings is 1. The van der Waals surface area contributed by atoms with Crippen LogP contribution in [0.3, 0.4) is 0 Å². The molecule has 0 aliphatic heterocycles. The molecule has 0 atom stereocenters. The molecule has 0 aliphatic carbocycles. The maximum atomic E-state index is 12.5. The van der Waals surface area contributed by atoms with Gasteiger partial charge >= 0.3 is 6.61 Å². The fraction of sp³-hybridized carbons (Fsp3) is 0.250. The topological polar surface area (TPSA) is 45.9 Å². The third-order valence-electron chi connectivity index (χ3n) is 1.36. The van der Waals surface area contributed by atoms with Crippen LogP contribution in [0.4, 0.5) is 13.2 Å². The van der Waals surface area contributed by atoms with Gasteiger partial charge in [-0.1, -0.05) is 0 Å². The van der Waals surface area contributed by atoms with E-state index >= 15 is 0 Å². The van der Waals surface area contributed by atoms with Crippen LogP contribution in [-0.4, -0.2) is 11.6 Å². The van der Waals surface area contributed by atoms with Crippen LogP contribution in [0.1, 0.15) is 5.69 Å². The maximum Gasteiger partial charge on any atom is 0.387 e. The Morgan fingerprint density at radius 1 is 1.50 bits per heavy atom. The van der Waals surface area contributed by atoms with Gasteiger partial charge in [0.2, 0.25) is 5.95 Å². The first-order valence-corrected chi connectivity index (χ1v) is 3.60. The first kappa shape index (κ1) is 10.3. The number of nitrogens with zero attached hydrogens (tertiary/aromatic N) is 2. The lowest BCUT2D eigenvalue weighted by atomic mass is 10.2. The van der Waals surface area contributed by atoms with Crippen molar-refractivity contribution in [3.63, 3.8) is 0 Å². The number of alkyl halides is 2. The number of hydrogen-bond acceptors (Lipinski definition) is 3. The van der Waals surface area contributed by atoms with Gasteiger partial charge < -0.3 is 4.74 Å². The van der Waals surface area contributed by atoms with Crippen molar-refractivity contribution in [3.05, 3.63) is 23.8 Å². The zero-order valence-electron chi connectivity index (χ0n) is 6.88. The molecule has 0 radical (unpaired) electrons. The fourth-order valence-electron chi connectivity index (χ4n) is 0.867. The molecule has 0 saturated carbocycles. The summed E-state index contributed by atoms with van der Waals surface area (Å²) < 4.78 is 40.2. The van der Waals surface area contributed by atoms with Crippen molar-refractivity contribution in [1.82, 2.24) is 4.98 Å². The van der Waals surface area contributed by atoms with Gasteiger partial charge in [0.25, 0.3) is 0 Å². The van der Waals surface area contributed by atoms with Crippen molar-refractivity contribution >= 4 is 0 Å². The highest BCUT2D eigenvalue weighted by atomic mass is 19.3. The Bertz CT molecular complexity index is 362. The predicted molar refractivity (Wildman–Crippen MR) is 40.1 cm³/mol. The number of nitriles is 1. The molecule has 6 heteroatoms. The Morgan fingerprint density at radius 3 is 2.79 bits per heavy atom. The van der Waals surface area contributed by atoms with Crippen LogP contribution in [-0.2, 0) is 6.42 Å². The maximum absolute atomic E-state index is 12.5. The predicted octanol–water partition coefficient (Wildman–Crippen LogP) is 1.89. The normalized spacial score (nSPS) is 9.93. The molecule has 0 saturated heterocycles. The molecule has 3 nitrogen and oxygen atoms in total. The number of halogens is 3. The molecule has 0 spiro atoms. The van der Waals surface area contributed by atoms with Gasteiger partial charge in [-0.15, -0.1) is 0 Å². The van der Waals surface area contributed by atoms with E-state index in [9.17, 15) is 13.2 Å². The summed E-state index contributed by atoms with van der Waals surface area (Å²) in [5, 5.41) is 8.31. The van der Waals surface area contributed by atoms with Crippen molar-refractivity contribution < 1.29 is 17.9 Å². The van der Waals surface area contributed by atoms with Crippen LogP contribution in [0.5, 0.6) is 5.75 Å². The van der Waals surface area contributed by atoms with Crippen molar-refractivity contribution in [1.29, 1.82) is 5.26 Å². The standard InChI is InChI=1S/C8H5F3N2O/c9-7-2-1-6(14-8(10)11)5(13-7)3-4-12/h1-2,8H,3H2.